The minimum absolute atomic E-state index is 0.0718. The Kier molecular flexibility index (Phi) is 3.16. The molecule has 1 aliphatic rings. The van der Waals surface area contributed by atoms with Gasteiger partial charge in [-0.3, -0.25) is 4.79 Å². The number of carbonyl (C=O) groups is 2. The second-order valence-electron chi connectivity index (χ2n) is 4.79. The van der Waals surface area contributed by atoms with Gasteiger partial charge in [-0.05, 0) is 18.8 Å². The van der Waals surface area contributed by atoms with E-state index in [1.807, 2.05) is 13.8 Å². The zero-order valence-electron chi connectivity index (χ0n) is 9.43. The fourth-order valence-corrected chi connectivity index (χ4v) is 1.93. The molecule has 0 heterocycles. The Hall–Kier alpha value is -0.930. The summed E-state index contributed by atoms with van der Waals surface area (Å²) in [6.45, 7) is 5.40. The summed E-state index contributed by atoms with van der Waals surface area (Å²) in [6, 6.07) is 0. The second-order valence-corrected chi connectivity index (χ2v) is 4.79. The molecule has 4 heteroatoms. The Morgan fingerprint density at radius 3 is 2.67 bits per heavy atom. The molecule has 3 nitrogen and oxygen atoms in total. The van der Waals surface area contributed by atoms with Gasteiger partial charge in [0.1, 0.15) is 0 Å². The first-order chi connectivity index (χ1) is 6.82. The summed E-state index contributed by atoms with van der Waals surface area (Å²) in [4.78, 5) is 22.8. The van der Waals surface area contributed by atoms with Crippen LogP contribution in [0.2, 0.25) is 0 Å². The van der Waals surface area contributed by atoms with Crippen LogP contribution >= 0.6 is 0 Å². The zero-order chi connectivity index (χ0) is 11.7. The van der Waals surface area contributed by atoms with Crippen molar-refractivity contribution in [3.8, 4) is 0 Å². The van der Waals surface area contributed by atoms with Crippen molar-refractivity contribution in [1.82, 2.24) is 0 Å². The summed E-state index contributed by atoms with van der Waals surface area (Å²) in [5.74, 6) is -1.66. The highest BCUT2D eigenvalue weighted by atomic mass is 19.1. The fraction of sp³-hybridized carbons (Fsp3) is 0.818. The molecule has 0 amide bonds. The van der Waals surface area contributed by atoms with Crippen molar-refractivity contribution in [1.29, 1.82) is 0 Å². The highest BCUT2D eigenvalue weighted by molar-refractivity contribution is 6.07. The third-order valence-electron chi connectivity index (χ3n) is 2.79. The molecule has 1 aliphatic carbocycles. The van der Waals surface area contributed by atoms with Crippen LogP contribution in [0.25, 0.3) is 0 Å². The lowest BCUT2D eigenvalue weighted by Gasteiger charge is -2.36. The quantitative estimate of drug-likeness (QED) is 0.524. The first-order valence-electron chi connectivity index (χ1n) is 5.21. The van der Waals surface area contributed by atoms with Crippen molar-refractivity contribution < 1.29 is 18.7 Å². The Morgan fingerprint density at radius 2 is 2.13 bits per heavy atom. The van der Waals surface area contributed by atoms with Crippen molar-refractivity contribution in [3.63, 3.8) is 0 Å². The van der Waals surface area contributed by atoms with Crippen molar-refractivity contribution in [3.05, 3.63) is 0 Å². The lowest BCUT2D eigenvalue weighted by Crippen LogP contribution is -2.50. The van der Waals surface area contributed by atoms with Gasteiger partial charge < -0.3 is 4.74 Å². The zero-order valence-corrected chi connectivity index (χ0v) is 9.43. The molecule has 1 fully saturated rings. The predicted octanol–water partition coefficient (Wildman–Crippen LogP) is 2.04. The van der Waals surface area contributed by atoms with Crippen LogP contribution in [-0.2, 0) is 14.3 Å². The number of carbonyl (C=O) groups excluding carboxylic acids is 2. The summed E-state index contributed by atoms with van der Waals surface area (Å²) in [6.07, 6.45) is 0.664. The summed E-state index contributed by atoms with van der Waals surface area (Å²) in [7, 11) is 0. The lowest BCUT2D eigenvalue weighted by atomic mass is 9.70. The maximum Gasteiger partial charge on any atom is 0.351 e. The van der Waals surface area contributed by atoms with Gasteiger partial charge in [0.05, 0.1) is 6.61 Å². The summed E-state index contributed by atoms with van der Waals surface area (Å²) < 4.78 is 18.8. The van der Waals surface area contributed by atoms with E-state index in [2.05, 4.69) is 4.74 Å². The summed E-state index contributed by atoms with van der Waals surface area (Å²) >= 11 is 0. The number of Topliss-reactive ketones (excluding diaryl/α,β-unsaturated/α-hetero) is 1. The molecule has 1 atom stereocenters. The average Bonchev–Trinajstić information content (AvgIpc) is 2.12. The maximum absolute atomic E-state index is 14.2. The SMILES string of the molecule is CCOC(=O)C1(F)CC(C)(C)CCC1=O. The number of ketones is 1. The molecule has 1 saturated carbocycles. The molecule has 0 N–H and O–H groups in total. The summed E-state index contributed by atoms with van der Waals surface area (Å²) in [5.41, 5.74) is -2.74. The number of halogens is 1. The van der Waals surface area contributed by atoms with Gasteiger partial charge in [-0.25, -0.2) is 9.18 Å². The average molecular weight is 216 g/mol. The van der Waals surface area contributed by atoms with E-state index in [1.165, 1.54) is 0 Å². The molecule has 0 aromatic carbocycles. The molecule has 0 radical (unpaired) electrons. The van der Waals surface area contributed by atoms with Gasteiger partial charge >= 0.3 is 5.97 Å². The van der Waals surface area contributed by atoms with Crippen LogP contribution in [0.1, 0.15) is 40.0 Å². The number of hydrogen-bond donors (Lipinski definition) is 0. The van der Waals surface area contributed by atoms with Crippen LogP contribution < -0.4 is 0 Å². The monoisotopic (exact) mass is 216 g/mol. The van der Waals surface area contributed by atoms with E-state index >= 15 is 0 Å². The van der Waals surface area contributed by atoms with E-state index in [0.29, 0.717) is 6.42 Å². The van der Waals surface area contributed by atoms with Crippen molar-refractivity contribution in [2.45, 2.75) is 45.7 Å². The third-order valence-corrected chi connectivity index (χ3v) is 2.79. The molecule has 0 aliphatic heterocycles. The van der Waals surface area contributed by atoms with Crippen LogP contribution in [0.4, 0.5) is 4.39 Å². The van der Waals surface area contributed by atoms with Gasteiger partial charge in [0.2, 0.25) is 0 Å². The second kappa shape index (κ2) is 3.91. The topological polar surface area (TPSA) is 43.4 Å². The molecule has 0 spiro atoms. The Labute approximate surface area is 89.0 Å². The van der Waals surface area contributed by atoms with Crippen LogP contribution in [0, 0.1) is 5.41 Å². The van der Waals surface area contributed by atoms with E-state index < -0.39 is 17.4 Å². The van der Waals surface area contributed by atoms with Gasteiger partial charge in [-0.2, -0.15) is 0 Å². The first-order valence-corrected chi connectivity index (χ1v) is 5.21. The van der Waals surface area contributed by atoms with Gasteiger partial charge in [-0.15, -0.1) is 0 Å². The van der Waals surface area contributed by atoms with Crippen molar-refractivity contribution >= 4 is 11.8 Å². The molecular formula is C11H17FO3. The molecule has 0 bridgehead atoms. The van der Waals surface area contributed by atoms with Crippen molar-refractivity contribution in [2.75, 3.05) is 6.61 Å². The van der Waals surface area contributed by atoms with E-state index in [0.717, 1.165) is 0 Å². The van der Waals surface area contributed by atoms with Crippen molar-refractivity contribution in [2.24, 2.45) is 5.41 Å². The predicted molar refractivity (Wildman–Crippen MR) is 53.1 cm³/mol. The van der Waals surface area contributed by atoms with E-state index in [4.69, 9.17) is 0 Å². The number of hydrogen-bond acceptors (Lipinski definition) is 3. The highest BCUT2D eigenvalue weighted by Gasteiger charge is 2.53. The smallest absolute Gasteiger partial charge is 0.351 e. The van der Waals surface area contributed by atoms with Crippen LogP contribution in [-0.4, -0.2) is 24.0 Å². The highest BCUT2D eigenvalue weighted by Crippen LogP contribution is 2.41. The van der Waals surface area contributed by atoms with Crippen LogP contribution in [0.5, 0.6) is 0 Å². The number of alkyl halides is 1. The molecule has 0 saturated heterocycles. The normalized spacial score (nSPS) is 30.0. The molecule has 15 heavy (non-hydrogen) atoms. The Balaban J connectivity index is 2.88. The van der Waals surface area contributed by atoms with E-state index in [1.54, 1.807) is 6.92 Å². The van der Waals surface area contributed by atoms with Crippen LogP contribution in [0.3, 0.4) is 0 Å². The first kappa shape index (κ1) is 12.1. The number of rotatable bonds is 2. The molecule has 0 aromatic heterocycles. The molecular weight excluding hydrogens is 199 g/mol. The molecule has 0 aromatic rings. The lowest BCUT2D eigenvalue weighted by molar-refractivity contribution is -0.167. The molecule has 1 unspecified atom stereocenters. The largest absolute Gasteiger partial charge is 0.463 e. The van der Waals surface area contributed by atoms with Gasteiger partial charge in [-0.1, -0.05) is 13.8 Å². The summed E-state index contributed by atoms with van der Waals surface area (Å²) in [5, 5.41) is 0. The molecule has 86 valence electrons. The third kappa shape index (κ3) is 2.36. The Bertz CT molecular complexity index is 286. The van der Waals surface area contributed by atoms with Gasteiger partial charge in [0.25, 0.3) is 5.67 Å². The Morgan fingerprint density at radius 1 is 1.53 bits per heavy atom. The fourth-order valence-electron chi connectivity index (χ4n) is 1.93. The standard InChI is InChI=1S/C11H17FO3/c1-4-15-9(14)11(12)7-10(2,3)6-5-8(11)13/h4-7H2,1-3H3. The minimum atomic E-state index is -2.42. The van der Waals surface area contributed by atoms with E-state index in [-0.39, 0.29) is 24.9 Å². The van der Waals surface area contributed by atoms with E-state index in [9.17, 15) is 14.0 Å². The number of esters is 1. The van der Waals surface area contributed by atoms with Crippen LogP contribution in [0.15, 0.2) is 0 Å². The van der Waals surface area contributed by atoms with Gasteiger partial charge in [0, 0.05) is 12.8 Å². The van der Waals surface area contributed by atoms with Gasteiger partial charge in [0.15, 0.2) is 5.78 Å². The maximum atomic E-state index is 14.2. The number of ether oxygens (including phenoxy) is 1. The minimum Gasteiger partial charge on any atom is -0.463 e. The molecule has 1 rings (SSSR count).